The summed E-state index contributed by atoms with van der Waals surface area (Å²) in [6.07, 6.45) is 0.0576. The van der Waals surface area contributed by atoms with Crippen molar-refractivity contribution in [3.05, 3.63) is 57.8 Å². The van der Waals surface area contributed by atoms with Gasteiger partial charge in [-0.1, -0.05) is 11.6 Å². The SMILES string of the molecule is CC(C)Oc1ccc(-c2cc(-c3ccc(F)c(Br)c3)[nH]n2)cc1Cl. The summed E-state index contributed by atoms with van der Waals surface area (Å²) < 4.78 is 19.4. The van der Waals surface area contributed by atoms with Crippen molar-refractivity contribution in [2.45, 2.75) is 20.0 Å². The highest BCUT2D eigenvalue weighted by molar-refractivity contribution is 9.10. The van der Waals surface area contributed by atoms with Gasteiger partial charge in [0.2, 0.25) is 0 Å². The number of ether oxygens (including phenoxy) is 1. The third kappa shape index (κ3) is 3.62. The summed E-state index contributed by atoms with van der Waals surface area (Å²) in [7, 11) is 0. The maximum Gasteiger partial charge on any atom is 0.138 e. The fourth-order valence-electron chi connectivity index (χ4n) is 2.29. The molecular weight excluding hydrogens is 395 g/mol. The van der Waals surface area contributed by atoms with Crippen LogP contribution in [-0.4, -0.2) is 16.3 Å². The first-order chi connectivity index (χ1) is 11.4. The lowest BCUT2D eigenvalue weighted by atomic mass is 10.1. The van der Waals surface area contributed by atoms with Crippen molar-refractivity contribution < 1.29 is 9.13 Å². The molecule has 0 saturated heterocycles. The summed E-state index contributed by atoms with van der Waals surface area (Å²) in [5.74, 6) is 0.347. The van der Waals surface area contributed by atoms with Crippen molar-refractivity contribution in [2.24, 2.45) is 0 Å². The van der Waals surface area contributed by atoms with Crippen LogP contribution in [0.25, 0.3) is 22.5 Å². The predicted octanol–water partition coefficient (Wildman–Crippen LogP) is 6.09. The van der Waals surface area contributed by atoms with E-state index in [2.05, 4.69) is 26.1 Å². The first kappa shape index (κ1) is 17.0. The van der Waals surface area contributed by atoms with Crippen LogP contribution in [0.5, 0.6) is 5.75 Å². The van der Waals surface area contributed by atoms with Gasteiger partial charge in [0.25, 0.3) is 0 Å². The highest BCUT2D eigenvalue weighted by Crippen LogP contribution is 2.32. The Morgan fingerprint density at radius 1 is 1.12 bits per heavy atom. The number of aromatic amines is 1. The maximum absolute atomic E-state index is 13.4. The zero-order chi connectivity index (χ0) is 17.3. The van der Waals surface area contributed by atoms with E-state index < -0.39 is 0 Å². The number of aromatic nitrogens is 2. The van der Waals surface area contributed by atoms with Crippen molar-refractivity contribution in [1.82, 2.24) is 10.2 Å². The molecule has 0 fully saturated rings. The van der Waals surface area contributed by atoms with E-state index in [9.17, 15) is 4.39 Å². The van der Waals surface area contributed by atoms with E-state index in [1.54, 1.807) is 12.1 Å². The average Bonchev–Trinajstić information content (AvgIpc) is 3.01. The van der Waals surface area contributed by atoms with Gasteiger partial charge in [0.15, 0.2) is 0 Å². The monoisotopic (exact) mass is 408 g/mol. The number of hydrogen-bond donors (Lipinski definition) is 1. The lowest BCUT2D eigenvalue weighted by Crippen LogP contribution is -2.05. The topological polar surface area (TPSA) is 37.9 Å². The van der Waals surface area contributed by atoms with Crippen molar-refractivity contribution in [3.63, 3.8) is 0 Å². The highest BCUT2D eigenvalue weighted by Gasteiger charge is 2.11. The fraction of sp³-hybridized carbons (Fsp3) is 0.167. The third-order valence-corrected chi connectivity index (χ3v) is 4.30. The number of rotatable bonds is 4. The normalized spacial score (nSPS) is 11.1. The van der Waals surface area contributed by atoms with Crippen LogP contribution in [0.1, 0.15) is 13.8 Å². The molecule has 0 unspecified atom stereocenters. The number of hydrogen-bond acceptors (Lipinski definition) is 2. The molecule has 0 bridgehead atoms. The van der Waals surface area contributed by atoms with E-state index in [4.69, 9.17) is 16.3 Å². The van der Waals surface area contributed by atoms with Gasteiger partial charge in [0.1, 0.15) is 11.6 Å². The predicted molar refractivity (Wildman–Crippen MR) is 97.9 cm³/mol. The average molecular weight is 410 g/mol. The zero-order valence-electron chi connectivity index (χ0n) is 13.1. The van der Waals surface area contributed by atoms with E-state index in [0.29, 0.717) is 15.2 Å². The smallest absolute Gasteiger partial charge is 0.138 e. The molecule has 1 heterocycles. The molecule has 24 heavy (non-hydrogen) atoms. The Morgan fingerprint density at radius 2 is 1.88 bits per heavy atom. The standard InChI is InChI=1S/C18H15BrClFN2O/c1-10(2)24-18-6-4-12(8-14(18)20)17-9-16(22-23-17)11-3-5-15(21)13(19)7-11/h3-10H,1-2H3,(H,22,23). The van der Waals surface area contributed by atoms with Crippen molar-refractivity contribution in [2.75, 3.05) is 0 Å². The second kappa shape index (κ2) is 6.95. The van der Waals surface area contributed by atoms with E-state index in [0.717, 1.165) is 22.5 Å². The molecule has 1 N–H and O–H groups in total. The van der Waals surface area contributed by atoms with Gasteiger partial charge in [-0.2, -0.15) is 5.10 Å². The van der Waals surface area contributed by atoms with E-state index >= 15 is 0 Å². The molecule has 6 heteroatoms. The van der Waals surface area contributed by atoms with E-state index in [1.165, 1.54) is 6.07 Å². The lowest BCUT2D eigenvalue weighted by Gasteiger charge is -2.11. The number of nitrogens with one attached hydrogen (secondary N) is 1. The Morgan fingerprint density at radius 3 is 2.54 bits per heavy atom. The summed E-state index contributed by atoms with van der Waals surface area (Å²) >= 11 is 9.47. The number of nitrogens with zero attached hydrogens (tertiary/aromatic N) is 1. The van der Waals surface area contributed by atoms with Gasteiger partial charge in [0, 0.05) is 11.1 Å². The molecule has 0 spiro atoms. The second-order valence-corrected chi connectivity index (χ2v) is 6.87. The minimum absolute atomic E-state index is 0.0576. The molecule has 0 amide bonds. The minimum atomic E-state index is -0.300. The maximum atomic E-state index is 13.4. The van der Waals surface area contributed by atoms with Crippen LogP contribution in [0.3, 0.4) is 0 Å². The second-order valence-electron chi connectivity index (χ2n) is 5.61. The molecule has 1 aromatic heterocycles. The van der Waals surface area contributed by atoms with Crippen LogP contribution in [0.4, 0.5) is 4.39 Å². The minimum Gasteiger partial charge on any atom is -0.489 e. The van der Waals surface area contributed by atoms with Crippen molar-refractivity contribution in [3.8, 4) is 28.3 Å². The molecule has 3 nitrogen and oxygen atoms in total. The Labute approximate surface area is 152 Å². The number of benzene rings is 2. The zero-order valence-corrected chi connectivity index (χ0v) is 15.5. The van der Waals surface area contributed by atoms with Crippen LogP contribution in [-0.2, 0) is 0 Å². The summed E-state index contributed by atoms with van der Waals surface area (Å²) in [6.45, 7) is 3.90. The van der Waals surface area contributed by atoms with Gasteiger partial charge in [-0.15, -0.1) is 0 Å². The van der Waals surface area contributed by atoms with Gasteiger partial charge >= 0.3 is 0 Å². The largest absolute Gasteiger partial charge is 0.489 e. The van der Waals surface area contributed by atoms with Crippen LogP contribution in [0, 0.1) is 5.82 Å². The number of halogens is 3. The molecule has 3 aromatic rings. The van der Waals surface area contributed by atoms with Crippen molar-refractivity contribution >= 4 is 27.5 Å². The highest BCUT2D eigenvalue weighted by atomic mass is 79.9. The van der Waals surface area contributed by atoms with Gasteiger partial charge in [-0.05, 0) is 72.2 Å². The van der Waals surface area contributed by atoms with Crippen LogP contribution in [0.15, 0.2) is 46.9 Å². The Kier molecular flexibility index (Phi) is 4.92. The molecule has 0 aliphatic rings. The summed E-state index contributed by atoms with van der Waals surface area (Å²) in [5.41, 5.74) is 3.26. The number of H-pyrrole nitrogens is 1. The Balaban J connectivity index is 1.90. The van der Waals surface area contributed by atoms with Gasteiger partial charge in [-0.3, -0.25) is 5.10 Å². The fourth-order valence-corrected chi connectivity index (χ4v) is 2.89. The molecule has 3 rings (SSSR count). The molecule has 0 aliphatic heterocycles. The van der Waals surface area contributed by atoms with Crippen LogP contribution < -0.4 is 4.74 Å². The summed E-state index contributed by atoms with van der Waals surface area (Å²) in [6, 6.07) is 12.3. The molecule has 0 aliphatic carbocycles. The molecule has 0 radical (unpaired) electrons. The van der Waals surface area contributed by atoms with Crippen LogP contribution >= 0.6 is 27.5 Å². The third-order valence-electron chi connectivity index (χ3n) is 3.40. The first-order valence-corrected chi connectivity index (χ1v) is 8.58. The van der Waals surface area contributed by atoms with Gasteiger partial charge in [-0.25, -0.2) is 4.39 Å². The summed E-state index contributed by atoms with van der Waals surface area (Å²) in [5, 5.41) is 7.82. The molecule has 2 aromatic carbocycles. The van der Waals surface area contributed by atoms with Gasteiger partial charge < -0.3 is 4.74 Å². The first-order valence-electron chi connectivity index (χ1n) is 7.41. The van der Waals surface area contributed by atoms with Crippen molar-refractivity contribution in [1.29, 1.82) is 0 Å². The lowest BCUT2D eigenvalue weighted by molar-refractivity contribution is 0.242. The van der Waals surface area contributed by atoms with E-state index in [-0.39, 0.29) is 11.9 Å². The Hall–Kier alpha value is -1.85. The molecular formula is C18H15BrClFN2O. The van der Waals surface area contributed by atoms with Crippen LogP contribution in [0.2, 0.25) is 5.02 Å². The summed E-state index contributed by atoms with van der Waals surface area (Å²) in [4.78, 5) is 0. The molecule has 124 valence electrons. The Bertz CT molecular complexity index is 879. The molecule has 0 atom stereocenters. The quantitative estimate of drug-likeness (QED) is 0.566. The molecule has 0 saturated carbocycles. The van der Waals surface area contributed by atoms with Gasteiger partial charge in [0.05, 0.1) is 27.0 Å². The van der Waals surface area contributed by atoms with E-state index in [1.807, 2.05) is 38.1 Å².